The second kappa shape index (κ2) is 1.69. The van der Waals surface area contributed by atoms with Gasteiger partial charge in [-0.1, -0.05) is 0 Å². The second-order valence-corrected chi connectivity index (χ2v) is 3.74. The van der Waals surface area contributed by atoms with E-state index in [0.717, 1.165) is 11.9 Å². The number of rotatable bonds is 1. The van der Waals surface area contributed by atoms with Gasteiger partial charge in [0.1, 0.15) is 5.82 Å². The molecule has 3 heterocycles. The van der Waals surface area contributed by atoms with E-state index in [1.807, 2.05) is 12.4 Å². The summed E-state index contributed by atoms with van der Waals surface area (Å²) in [6.45, 7) is 0. The minimum Gasteiger partial charge on any atom is -0.330 e. The highest BCUT2D eigenvalue weighted by molar-refractivity contribution is 5.41. The van der Waals surface area contributed by atoms with Crippen molar-refractivity contribution in [1.82, 2.24) is 19.5 Å². The van der Waals surface area contributed by atoms with Crippen molar-refractivity contribution in [3.8, 4) is 5.95 Å². The van der Waals surface area contributed by atoms with Gasteiger partial charge >= 0.3 is 0 Å². The number of fused-ring (bicyclic) bond motifs is 5. The van der Waals surface area contributed by atoms with E-state index in [0.29, 0.717) is 5.92 Å². The maximum absolute atomic E-state index is 4.38. The molecule has 64 valence electrons. The Morgan fingerprint density at radius 3 is 3.08 bits per heavy atom. The van der Waals surface area contributed by atoms with Crippen molar-refractivity contribution in [2.45, 2.75) is 18.3 Å². The highest BCUT2D eigenvalue weighted by atomic mass is 15.2. The van der Waals surface area contributed by atoms with Crippen LogP contribution < -0.4 is 0 Å². The van der Waals surface area contributed by atoms with Crippen LogP contribution >= 0.6 is 0 Å². The van der Waals surface area contributed by atoms with Crippen LogP contribution in [-0.4, -0.2) is 19.5 Å². The lowest BCUT2D eigenvalue weighted by Gasteiger charge is -2.01. The topological polar surface area (TPSA) is 46.5 Å². The van der Waals surface area contributed by atoms with Crippen molar-refractivity contribution in [3.63, 3.8) is 0 Å². The van der Waals surface area contributed by atoms with Gasteiger partial charge in [0.2, 0.25) is 5.95 Å². The van der Waals surface area contributed by atoms with Crippen LogP contribution in [0.3, 0.4) is 0 Å². The largest absolute Gasteiger partial charge is 0.330 e. The highest BCUT2D eigenvalue weighted by Crippen LogP contribution is 2.60. The molecule has 0 spiro atoms. The van der Waals surface area contributed by atoms with Gasteiger partial charge in [0.05, 0.1) is 0 Å². The van der Waals surface area contributed by atoms with Crippen molar-refractivity contribution in [3.05, 3.63) is 30.1 Å². The van der Waals surface area contributed by atoms with Crippen LogP contribution in [0.1, 0.15) is 29.8 Å². The van der Waals surface area contributed by atoms with E-state index in [4.69, 9.17) is 0 Å². The van der Waals surface area contributed by atoms with Crippen LogP contribution in [0.25, 0.3) is 5.95 Å². The van der Waals surface area contributed by atoms with Gasteiger partial charge in [0.15, 0.2) is 0 Å². The summed E-state index contributed by atoms with van der Waals surface area (Å²) in [6, 6.07) is 0. The number of aromatic amines is 1. The van der Waals surface area contributed by atoms with Crippen LogP contribution in [0.15, 0.2) is 18.6 Å². The van der Waals surface area contributed by atoms with E-state index >= 15 is 0 Å². The molecule has 2 bridgehead atoms. The summed E-state index contributed by atoms with van der Waals surface area (Å²) in [7, 11) is 0. The van der Waals surface area contributed by atoms with Gasteiger partial charge in [-0.3, -0.25) is 4.57 Å². The molecule has 4 heteroatoms. The standard InChI is InChI=1S/C9H8N4/c1-2-11-9(10-1)13-7-4-12-8(13)6-3-5(6)7/h1-2,4-6H,3H2,(H,10,11). The van der Waals surface area contributed by atoms with Crippen LogP contribution in [0.2, 0.25) is 0 Å². The van der Waals surface area contributed by atoms with Crippen molar-refractivity contribution >= 4 is 0 Å². The molecule has 1 aliphatic heterocycles. The molecule has 2 atom stereocenters. The van der Waals surface area contributed by atoms with Gasteiger partial charge < -0.3 is 4.98 Å². The number of hydrogen-bond donors (Lipinski definition) is 1. The Bertz CT molecular complexity index is 442. The molecular weight excluding hydrogens is 164 g/mol. The third kappa shape index (κ3) is 0.557. The molecule has 1 fully saturated rings. The monoisotopic (exact) mass is 172 g/mol. The summed E-state index contributed by atoms with van der Waals surface area (Å²) in [6.07, 6.45) is 6.90. The third-order valence-corrected chi connectivity index (χ3v) is 3.01. The first kappa shape index (κ1) is 5.96. The third-order valence-electron chi connectivity index (χ3n) is 3.01. The van der Waals surface area contributed by atoms with Crippen LogP contribution in [0.5, 0.6) is 0 Å². The molecule has 13 heavy (non-hydrogen) atoms. The first-order valence-electron chi connectivity index (χ1n) is 4.52. The number of aromatic nitrogens is 4. The van der Waals surface area contributed by atoms with Gasteiger partial charge in [-0.25, -0.2) is 9.97 Å². The molecule has 4 rings (SSSR count). The van der Waals surface area contributed by atoms with E-state index in [9.17, 15) is 0 Å². The number of nitrogens with one attached hydrogen (secondary N) is 1. The summed E-state index contributed by atoms with van der Waals surface area (Å²) in [5.41, 5.74) is 1.33. The Morgan fingerprint density at radius 2 is 2.38 bits per heavy atom. The maximum atomic E-state index is 4.38. The summed E-state index contributed by atoms with van der Waals surface area (Å²) < 4.78 is 2.15. The molecule has 1 saturated carbocycles. The molecule has 0 radical (unpaired) electrons. The summed E-state index contributed by atoms with van der Waals surface area (Å²) in [4.78, 5) is 11.7. The zero-order valence-corrected chi connectivity index (χ0v) is 6.94. The van der Waals surface area contributed by atoms with Gasteiger partial charge in [-0.2, -0.15) is 0 Å². The van der Waals surface area contributed by atoms with Gasteiger partial charge in [-0.15, -0.1) is 0 Å². The first-order chi connectivity index (χ1) is 6.45. The molecule has 2 aromatic heterocycles. The average molecular weight is 172 g/mol. The number of nitrogens with zero attached hydrogens (tertiary/aromatic N) is 3. The van der Waals surface area contributed by atoms with Gasteiger partial charge in [-0.05, 0) is 6.42 Å². The lowest BCUT2D eigenvalue weighted by molar-refractivity contribution is 0.866. The normalized spacial score (nSPS) is 27.7. The Balaban J connectivity index is 2.02. The first-order valence-corrected chi connectivity index (χ1v) is 4.52. The van der Waals surface area contributed by atoms with E-state index in [-0.39, 0.29) is 0 Å². The summed E-state index contributed by atoms with van der Waals surface area (Å²) >= 11 is 0. The van der Waals surface area contributed by atoms with Gasteiger partial charge in [0.25, 0.3) is 0 Å². The van der Waals surface area contributed by atoms with Crippen LogP contribution in [0.4, 0.5) is 0 Å². The van der Waals surface area contributed by atoms with Crippen molar-refractivity contribution < 1.29 is 0 Å². The number of H-pyrrole nitrogens is 1. The van der Waals surface area contributed by atoms with Crippen LogP contribution in [-0.2, 0) is 0 Å². The highest BCUT2D eigenvalue weighted by Gasteiger charge is 2.51. The molecular formula is C9H8N4. The Hall–Kier alpha value is -1.58. The minimum atomic E-state index is 0.699. The van der Waals surface area contributed by atoms with Crippen molar-refractivity contribution in [1.29, 1.82) is 0 Å². The quantitative estimate of drug-likeness (QED) is 0.702. The molecule has 0 amide bonds. The minimum absolute atomic E-state index is 0.699. The fourth-order valence-corrected chi connectivity index (χ4v) is 2.32. The van der Waals surface area contributed by atoms with Crippen molar-refractivity contribution in [2.75, 3.05) is 0 Å². The van der Waals surface area contributed by atoms with Crippen molar-refractivity contribution in [2.24, 2.45) is 0 Å². The fraction of sp³-hybridized carbons (Fsp3) is 0.333. The number of imidazole rings is 2. The van der Waals surface area contributed by atoms with E-state index < -0.39 is 0 Å². The average Bonchev–Trinajstić information content (AvgIpc) is 2.61. The summed E-state index contributed by atoms with van der Waals surface area (Å²) in [5.74, 6) is 3.55. The van der Waals surface area contributed by atoms with E-state index in [1.165, 1.54) is 17.9 Å². The Morgan fingerprint density at radius 1 is 1.38 bits per heavy atom. The lowest BCUT2D eigenvalue weighted by Crippen LogP contribution is -2.00. The van der Waals surface area contributed by atoms with E-state index in [1.54, 1.807) is 6.20 Å². The molecule has 2 aliphatic rings. The maximum Gasteiger partial charge on any atom is 0.212 e. The molecule has 1 aliphatic carbocycles. The fourth-order valence-electron chi connectivity index (χ4n) is 2.32. The zero-order valence-electron chi connectivity index (χ0n) is 6.94. The Labute approximate surface area is 74.6 Å². The van der Waals surface area contributed by atoms with Gasteiger partial charge in [0, 0.05) is 36.1 Å². The van der Waals surface area contributed by atoms with E-state index in [2.05, 4.69) is 19.5 Å². The SMILES string of the molecule is c1c[nH]c(-n2c3cnc2C2CC32)n1. The predicted molar refractivity (Wildman–Crippen MR) is 45.8 cm³/mol. The molecule has 0 saturated heterocycles. The lowest BCUT2D eigenvalue weighted by atomic mass is 10.3. The predicted octanol–water partition coefficient (Wildman–Crippen LogP) is 1.18. The second-order valence-electron chi connectivity index (χ2n) is 3.74. The summed E-state index contributed by atoms with van der Waals surface area (Å²) in [5, 5.41) is 0. The molecule has 2 aromatic rings. The molecule has 4 nitrogen and oxygen atoms in total. The molecule has 0 aromatic carbocycles. The zero-order chi connectivity index (χ0) is 8.41. The number of hydrogen-bond acceptors (Lipinski definition) is 2. The van der Waals surface area contributed by atoms with Crippen LogP contribution in [0, 0.1) is 0 Å². The molecule has 2 unspecified atom stereocenters. The smallest absolute Gasteiger partial charge is 0.212 e. The molecule has 1 N–H and O–H groups in total. The Kier molecular flexibility index (Phi) is 0.773.